The predicted octanol–water partition coefficient (Wildman–Crippen LogP) is 3.69. The van der Waals surface area contributed by atoms with E-state index in [0.29, 0.717) is 5.82 Å². The first-order valence-electron chi connectivity index (χ1n) is 15.4. The Labute approximate surface area is 292 Å². The van der Waals surface area contributed by atoms with Gasteiger partial charge in [-0.05, 0) is 42.4 Å². The first-order chi connectivity index (χ1) is 22.8. The molecule has 0 spiro atoms. The van der Waals surface area contributed by atoms with E-state index in [-0.39, 0.29) is 35.2 Å². The highest BCUT2D eigenvalue weighted by Crippen LogP contribution is 2.59. The molecule has 23 heteroatoms. The van der Waals surface area contributed by atoms with Crippen LogP contribution in [0.25, 0.3) is 11.2 Å². The number of ether oxygens (including phenoxy) is 1. The van der Waals surface area contributed by atoms with Crippen LogP contribution in [0.15, 0.2) is 29.7 Å². The van der Waals surface area contributed by atoms with Crippen molar-refractivity contribution in [2.75, 3.05) is 24.3 Å². The number of aromatic nitrogens is 6. The van der Waals surface area contributed by atoms with Gasteiger partial charge in [-0.2, -0.15) is 4.98 Å². The molecule has 0 amide bonds. The van der Waals surface area contributed by atoms with Gasteiger partial charge >= 0.3 is 13.5 Å². The minimum Gasteiger partial charge on any atom is -0.408 e. The molecule has 3 fully saturated rings. The zero-order chi connectivity index (χ0) is 35.5. The van der Waals surface area contributed by atoms with Crippen molar-refractivity contribution in [3.05, 3.63) is 35.3 Å². The summed E-state index contributed by atoms with van der Waals surface area (Å²) < 4.78 is 68.0. The van der Waals surface area contributed by atoms with Gasteiger partial charge < -0.3 is 29.6 Å². The number of thiol groups is 1. The molecule has 3 aliphatic rings. The summed E-state index contributed by atoms with van der Waals surface area (Å²) in [6.07, 6.45) is -3.18. The van der Waals surface area contributed by atoms with E-state index in [4.69, 9.17) is 44.8 Å². The first-order valence-corrected chi connectivity index (χ1v) is 23.6. The summed E-state index contributed by atoms with van der Waals surface area (Å²) in [6, 6.07) is 0.737. The molecule has 1 saturated carbocycles. The molecule has 1 aliphatic carbocycles. The fourth-order valence-corrected chi connectivity index (χ4v) is 10.1. The minimum absolute atomic E-state index is 0.0290. The second-order valence-electron chi connectivity index (χ2n) is 13.6. The Kier molecular flexibility index (Phi) is 10.2. The Bertz CT molecular complexity index is 1840. The Hall–Kier alpha value is -1.87. The topological polar surface area (TPSA) is 220 Å². The van der Waals surface area contributed by atoms with Crippen molar-refractivity contribution in [1.82, 2.24) is 29.5 Å². The SMILES string of the molecule is CC(C)(C)[Si](C)(C)OC1[C@H]2OP(O)(=S)OC[C@H]3C[C@@H](Nc4ccncn4)[C@H](F)[C@@H]3OP(=O)(S)OC[C@H]1O[C@H]2n1cnc2c(=O)[nH]c(N)nc21. The molecule has 3 aromatic rings. The van der Waals surface area contributed by atoms with E-state index in [9.17, 15) is 14.3 Å². The van der Waals surface area contributed by atoms with Gasteiger partial charge in [0.25, 0.3) is 5.56 Å². The third kappa shape index (κ3) is 7.83. The van der Waals surface area contributed by atoms with Gasteiger partial charge in [-0.15, -0.1) is 0 Å². The Morgan fingerprint density at radius 2 is 2.00 bits per heavy atom. The third-order valence-electron chi connectivity index (χ3n) is 9.25. The number of H-pyrrole nitrogens is 1. The first kappa shape index (κ1) is 36.9. The number of hydrogen-bond acceptors (Lipinski definition) is 15. The number of nitrogens with one attached hydrogen (secondary N) is 2. The summed E-state index contributed by atoms with van der Waals surface area (Å²) in [5.74, 6) is -0.562. The minimum atomic E-state index is -4.27. The summed E-state index contributed by atoms with van der Waals surface area (Å²) in [5, 5.41) is 2.71. The fourth-order valence-electron chi connectivity index (χ4n) is 5.78. The smallest absolute Gasteiger partial charge is 0.386 e. The van der Waals surface area contributed by atoms with Gasteiger partial charge in [0.05, 0.1) is 25.6 Å². The summed E-state index contributed by atoms with van der Waals surface area (Å²) >= 11 is 9.72. The molecule has 5 N–H and O–H groups in total. The standard InChI is InChI=1S/C26H39FN8O9P2S2Si/c1-26(2,3)49(4,5)44-20-15-10-40-46(38,48)42-19-13(8-14(17(19)27)32-16-6-7-29-11-30-16)9-39-45(37,47)43-21(20)24(41-15)35-12-31-18-22(35)33-25(28)34-23(18)36/h6-7,11-15,17,19-21,24H,8-10H2,1-5H3,(H,37,47)(H,38,48)(H,29,30,32)(H3,28,33,34,36)/t13-,14-,15-,17+,19-,20?,21-,24-,45?,46?/m1/s1. The van der Waals surface area contributed by atoms with Crippen molar-refractivity contribution in [3.8, 4) is 0 Å². The number of alkyl halides is 1. The molecular weight excluding hydrogens is 741 g/mol. The van der Waals surface area contributed by atoms with E-state index in [1.54, 1.807) is 6.07 Å². The summed E-state index contributed by atoms with van der Waals surface area (Å²) in [4.78, 5) is 42.9. The molecule has 2 aliphatic heterocycles. The van der Waals surface area contributed by atoms with Crippen LogP contribution >= 0.6 is 25.8 Å². The van der Waals surface area contributed by atoms with Crippen molar-refractivity contribution in [3.63, 3.8) is 0 Å². The van der Waals surface area contributed by atoms with Crippen LogP contribution in [0.2, 0.25) is 18.1 Å². The third-order valence-corrected chi connectivity index (χ3v) is 16.9. The molecular formula is C26H39FN8O9P2S2Si. The van der Waals surface area contributed by atoms with Gasteiger partial charge in [0.2, 0.25) is 5.95 Å². The van der Waals surface area contributed by atoms with Gasteiger partial charge in [0, 0.05) is 12.1 Å². The number of nitrogens with zero attached hydrogens (tertiary/aromatic N) is 5. The lowest BCUT2D eigenvalue weighted by Gasteiger charge is -2.40. The highest BCUT2D eigenvalue weighted by Gasteiger charge is 2.55. The van der Waals surface area contributed by atoms with Crippen molar-refractivity contribution in [2.24, 2.45) is 5.92 Å². The van der Waals surface area contributed by atoms with Crippen molar-refractivity contribution in [1.29, 1.82) is 0 Å². The maximum atomic E-state index is 16.0. The average Bonchev–Trinajstić information content (AvgIpc) is 3.65. The Balaban J connectivity index is 1.37. The number of imidazole rings is 1. The van der Waals surface area contributed by atoms with Crippen molar-refractivity contribution in [2.45, 2.75) is 88.2 Å². The zero-order valence-corrected chi connectivity index (χ0v) is 31.7. The van der Waals surface area contributed by atoms with E-state index >= 15 is 4.39 Å². The second-order valence-corrected chi connectivity index (χ2v) is 24.1. The lowest BCUT2D eigenvalue weighted by atomic mass is 10.1. The van der Waals surface area contributed by atoms with Gasteiger partial charge in [0.15, 0.2) is 25.7 Å². The zero-order valence-electron chi connectivity index (χ0n) is 27.2. The molecule has 10 atom stereocenters. The lowest BCUT2D eigenvalue weighted by Crippen LogP contribution is -2.50. The van der Waals surface area contributed by atoms with Crippen LogP contribution < -0.4 is 16.6 Å². The normalized spacial score (nSPS) is 36.1. The van der Waals surface area contributed by atoms with E-state index < -0.39 is 82.8 Å². The second kappa shape index (κ2) is 13.6. The maximum Gasteiger partial charge on any atom is 0.386 e. The molecule has 2 saturated heterocycles. The largest absolute Gasteiger partial charge is 0.408 e. The monoisotopic (exact) mass is 780 g/mol. The van der Waals surface area contributed by atoms with Crippen molar-refractivity contribution >= 4 is 68.8 Å². The van der Waals surface area contributed by atoms with E-state index in [1.807, 2.05) is 33.9 Å². The van der Waals surface area contributed by atoms with E-state index in [2.05, 4.69) is 42.5 Å². The number of halogens is 1. The summed E-state index contributed by atoms with van der Waals surface area (Å²) in [5.41, 5.74) is 5.31. The molecule has 270 valence electrons. The number of nitrogen functional groups attached to an aromatic ring is 1. The fraction of sp³-hybridized carbons (Fsp3) is 0.654. The average molecular weight is 781 g/mol. The van der Waals surface area contributed by atoms with Gasteiger partial charge in [-0.3, -0.25) is 27.9 Å². The molecule has 0 radical (unpaired) electrons. The summed E-state index contributed by atoms with van der Waals surface area (Å²) in [6.45, 7) is 0.952. The number of rotatable bonds is 5. The molecule has 3 unspecified atom stereocenters. The van der Waals surface area contributed by atoms with Crippen LogP contribution in [-0.2, 0) is 43.6 Å². The molecule has 0 aromatic carbocycles. The Morgan fingerprint density at radius 1 is 1.24 bits per heavy atom. The molecule has 3 aromatic heterocycles. The molecule has 49 heavy (non-hydrogen) atoms. The number of nitrogens with two attached hydrogens (primary N) is 1. The van der Waals surface area contributed by atoms with E-state index in [1.165, 1.54) is 23.4 Å². The molecule has 17 nitrogen and oxygen atoms in total. The number of fused-ring (bicyclic) bond motifs is 4. The van der Waals surface area contributed by atoms with Gasteiger partial charge in [0.1, 0.15) is 42.7 Å². The Morgan fingerprint density at radius 3 is 2.69 bits per heavy atom. The highest BCUT2D eigenvalue weighted by atomic mass is 32.7. The predicted molar refractivity (Wildman–Crippen MR) is 186 cm³/mol. The lowest BCUT2D eigenvalue weighted by molar-refractivity contribution is -0.0504. The van der Waals surface area contributed by atoms with Gasteiger partial charge in [-0.1, -0.05) is 33.0 Å². The highest BCUT2D eigenvalue weighted by molar-refractivity contribution is 8.44. The number of hydrogen-bond donors (Lipinski definition) is 5. The van der Waals surface area contributed by atoms with Crippen LogP contribution in [0, 0.1) is 5.92 Å². The van der Waals surface area contributed by atoms with Gasteiger partial charge in [-0.25, -0.2) is 23.9 Å². The van der Waals surface area contributed by atoms with Crippen LogP contribution in [0.3, 0.4) is 0 Å². The number of aromatic amines is 1. The molecule has 6 rings (SSSR count). The van der Waals surface area contributed by atoms with Crippen LogP contribution in [0.5, 0.6) is 0 Å². The van der Waals surface area contributed by atoms with Crippen LogP contribution in [0.4, 0.5) is 16.2 Å². The van der Waals surface area contributed by atoms with Crippen molar-refractivity contribution < 1.29 is 41.1 Å². The van der Waals surface area contributed by atoms with Crippen LogP contribution in [-0.4, -0.2) is 92.5 Å². The maximum absolute atomic E-state index is 16.0. The quantitative estimate of drug-likeness (QED) is 0.142. The molecule has 2 bridgehead atoms. The summed E-state index contributed by atoms with van der Waals surface area (Å²) in [7, 11) is -2.63. The van der Waals surface area contributed by atoms with E-state index in [0.717, 1.165) is 0 Å². The van der Waals surface area contributed by atoms with Crippen LogP contribution in [0.1, 0.15) is 33.4 Å². The number of anilines is 2. The molecule has 5 heterocycles.